The molecule has 2 unspecified atom stereocenters. The van der Waals surface area contributed by atoms with Crippen LogP contribution in [0.4, 0.5) is 5.69 Å². The number of hydrogen-bond acceptors (Lipinski definition) is 5. The van der Waals surface area contributed by atoms with Crippen LogP contribution in [0.3, 0.4) is 0 Å². The quantitative estimate of drug-likeness (QED) is 0.761. The van der Waals surface area contributed by atoms with E-state index in [1.165, 1.54) is 11.9 Å². The number of fused-ring (bicyclic) bond motifs is 1. The van der Waals surface area contributed by atoms with Crippen molar-refractivity contribution in [1.29, 1.82) is 0 Å². The number of aliphatic hydroxyl groups excluding tert-OH is 1. The predicted octanol–water partition coefficient (Wildman–Crippen LogP) is -0.0696. The molecule has 1 fully saturated rings. The smallest absolute Gasteiger partial charge is 0.256 e. The summed E-state index contributed by atoms with van der Waals surface area (Å²) < 4.78 is 11.0. The van der Waals surface area contributed by atoms with Gasteiger partial charge in [0.05, 0.1) is 31.4 Å². The number of hydrogen-bond donors (Lipinski definition) is 2. The van der Waals surface area contributed by atoms with Crippen LogP contribution in [0.2, 0.25) is 0 Å². The lowest BCUT2D eigenvalue weighted by Crippen LogP contribution is -2.98. The maximum atomic E-state index is 12.5. The standard InChI is InChI=1S/C15H20N2O5/c1-15(21-8-9-22-15)6-7-17-13(18)10-4-3-5-11(16(2)20)12(10)14(17)19/h3-5,14,16,19H,6-9H2,1-2H3. The molecule has 0 bridgehead atoms. The summed E-state index contributed by atoms with van der Waals surface area (Å²) in [6, 6.07) is 4.93. The van der Waals surface area contributed by atoms with Crippen molar-refractivity contribution in [3.05, 3.63) is 34.5 Å². The largest absolute Gasteiger partial charge is 0.629 e. The van der Waals surface area contributed by atoms with Crippen LogP contribution < -0.4 is 5.06 Å². The first-order chi connectivity index (χ1) is 10.4. The van der Waals surface area contributed by atoms with Crippen molar-refractivity contribution in [1.82, 2.24) is 4.90 Å². The summed E-state index contributed by atoms with van der Waals surface area (Å²) in [5.74, 6) is -0.995. The molecule has 0 spiro atoms. The molecule has 7 heteroatoms. The van der Waals surface area contributed by atoms with Gasteiger partial charge in [-0.15, -0.1) is 0 Å². The lowest BCUT2D eigenvalue weighted by atomic mass is 10.1. The molecule has 1 aromatic carbocycles. The molecule has 1 amide bonds. The van der Waals surface area contributed by atoms with E-state index in [-0.39, 0.29) is 11.0 Å². The van der Waals surface area contributed by atoms with Gasteiger partial charge in [0.15, 0.2) is 12.0 Å². The Kier molecular flexibility index (Phi) is 3.92. The van der Waals surface area contributed by atoms with Crippen LogP contribution in [0, 0.1) is 5.21 Å². The minimum Gasteiger partial charge on any atom is -0.629 e. The van der Waals surface area contributed by atoms with Crippen LogP contribution in [-0.4, -0.2) is 48.5 Å². The molecule has 0 radical (unpaired) electrons. The van der Waals surface area contributed by atoms with Crippen LogP contribution in [-0.2, 0) is 9.47 Å². The van der Waals surface area contributed by atoms with Gasteiger partial charge in [-0.3, -0.25) is 4.79 Å². The Morgan fingerprint density at radius 3 is 2.77 bits per heavy atom. The molecule has 2 aliphatic heterocycles. The molecule has 0 aliphatic carbocycles. The third-order valence-corrected chi connectivity index (χ3v) is 4.24. The van der Waals surface area contributed by atoms with E-state index in [0.29, 0.717) is 43.0 Å². The van der Waals surface area contributed by atoms with Crippen LogP contribution >= 0.6 is 0 Å². The van der Waals surface area contributed by atoms with E-state index in [1.807, 2.05) is 6.92 Å². The topological polar surface area (TPSA) is 86.5 Å². The average molecular weight is 308 g/mol. The second-order valence-corrected chi connectivity index (χ2v) is 5.78. The zero-order chi connectivity index (χ0) is 15.9. The van der Waals surface area contributed by atoms with Gasteiger partial charge in [0.2, 0.25) is 0 Å². The highest BCUT2D eigenvalue weighted by Crippen LogP contribution is 2.36. The summed E-state index contributed by atoms with van der Waals surface area (Å²) in [5, 5.41) is 22.0. The van der Waals surface area contributed by atoms with Gasteiger partial charge in [-0.05, 0) is 19.1 Å². The number of nitrogens with one attached hydrogen (secondary N) is 1. The highest BCUT2D eigenvalue weighted by atomic mass is 16.7. The molecule has 0 saturated carbocycles. The predicted molar refractivity (Wildman–Crippen MR) is 77.3 cm³/mol. The van der Waals surface area contributed by atoms with Crippen molar-refractivity contribution in [3.8, 4) is 0 Å². The zero-order valence-electron chi connectivity index (χ0n) is 12.7. The summed E-state index contributed by atoms with van der Waals surface area (Å²) in [4.78, 5) is 13.8. The lowest BCUT2D eigenvalue weighted by Gasteiger charge is -2.27. The number of carbonyl (C=O) groups excluding carboxylic acids is 1. The van der Waals surface area contributed by atoms with Gasteiger partial charge >= 0.3 is 0 Å². The summed E-state index contributed by atoms with van der Waals surface area (Å²) >= 11 is 0. The molecule has 2 heterocycles. The third kappa shape index (κ3) is 2.51. The summed E-state index contributed by atoms with van der Waals surface area (Å²) in [6.45, 7) is 3.17. The first-order valence-corrected chi connectivity index (χ1v) is 7.34. The molecule has 2 aliphatic rings. The van der Waals surface area contributed by atoms with Gasteiger partial charge in [-0.2, -0.15) is 0 Å². The fourth-order valence-corrected chi connectivity index (χ4v) is 3.01. The number of aliphatic hydroxyl groups is 1. The van der Waals surface area contributed by atoms with E-state index in [1.54, 1.807) is 18.2 Å². The number of rotatable bonds is 4. The number of benzene rings is 1. The third-order valence-electron chi connectivity index (χ3n) is 4.24. The van der Waals surface area contributed by atoms with Crippen molar-refractivity contribution >= 4 is 11.6 Å². The molecule has 0 aromatic heterocycles. The van der Waals surface area contributed by atoms with Crippen molar-refractivity contribution in [2.24, 2.45) is 0 Å². The van der Waals surface area contributed by atoms with Crippen LogP contribution in [0.1, 0.15) is 35.5 Å². The molecule has 2 atom stereocenters. The fourth-order valence-electron chi connectivity index (χ4n) is 3.01. The van der Waals surface area contributed by atoms with Crippen LogP contribution in [0.25, 0.3) is 0 Å². The monoisotopic (exact) mass is 308 g/mol. The fraction of sp³-hybridized carbons (Fsp3) is 0.533. The number of hydroxylamine groups is 1. The van der Waals surface area contributed by atoms with Crippen molar-refractivity contribution < 1.29 is 24.4 Å². The molecule has 1 aromatic rings. The minimum atomic E-state index is -1.10. The van der Waals surface area contributed by atoms with Crippen molar-refractivity contribution in [2.45, 2.75) is 25.4 Å². The van der Waals surface area contributed by atoms with Crippen LogP contribution in [0.15, 0.2) is 18.2 Å². The Balaban J connectivity index is 1.81. The number of carbonyl (C=O) groups is 1. The van der Waals surface area contributed by atoms with Gasteiger partial charge < -0.3 is 29.8 Å². The zero-order valence-corrected chi connectivity index (χ0v) is 12.7. The van der Waals surface area contributed by atoms with Crippen molar-refractivity contribution in [3.63, 3.8) is 0 Å². The van der Waals surface area contributed by atoms with Gasteiger partial charge in [-0.25, -0.2) is 0 Å². The van der Waals surface area contributed by atoms with E-state index < -0.39 is 12.0 Å². The lowest BCUT2D eigenvalue weighted by molar-refractivity contribution is -0.752. The van der Waals surface area contributed by atoms with Crippen LogP contribution in [0.5, 0.6) is 0 Å². The maximum absolute atomic E-state index is 12.5. The summed E-state index contributed by atoms with van der Waals surface area (Å²) in [7, 11) is 1.43. The second kappa shape index (κ2) is 5.60. The molecule has 1 saturated heterocycles. The first-order valence-electron chi connectivity index (χ1n) is 7.34. The normalized spacial score (nSPS) is 24.6. The Morgan fingerprint density at radius 2 is 2.14 bits per heavy atom. The Labute approximate surface area is 128 Å². The average Bonchev–Trinajstić information content (AvgIpc) is 3.01. The maximum Gasteiger partial charge on any atom is 0.256 e. The number of ether oxygens (including phenoxy) is 2. The molecular formula is C15H20N2O5. The molecule has 120 valence electrons. The number of nitrogens with zero attached hydrogens (tertiary/aromatic N) is 1. The minimum absolute atomic E-state index is 0.167. The summed E-state index contributed by atoms with van der Waals surface area (Å²) in [5.41, 5.74) is 1.18. The summed E-state index contributed by atoms with van der Waals surface area (Å²) in [6.07, 6.45) is -0.647. The van der Waals surface area contributed by atoms with E-state index in [9.17, 15) is 15.1 Å². The highest BCUT2D eigenvalue weighted by Gasteiger charge is 2.40. The molecule has 7 nitrogen and oxygen atoms in total. The Morgan fingerprint density at radius 1 is 1.45 bits per heavy atom. The SMILES string of the molecule is C[NH+]([O-])c1cccc2c1C(O)N(CCC1(C)OCCO1)C2=O. The molecule has 2 N–H and O–H groups in total. The number of amides is 1. The van der Waals surface area contributed by atoms with Gasteiger partial charge in [-0.1, -0.05) is 6.07 Å². The molecular weight excluding hydrogens is 288 g/mol. The second-order valence-electron chi connectivity index (χ2n) is 5.78. The van der Waals surface area contributed by atoms with E-state index >= 15 is 0 Å². The molecule has 3 rings (SSSR count). The highest BCUT2D eigenvalue weighted by molar-refractivity contribution is 6.00. The first kappa shape index (κ1) is 15.4. The number of quaternary nitrogens is 1. The van der Waals surface area contributed by atoms with E-state index in [0.717, 1.165) is 0 Å². The van der Waals surface area contributed by atoms with E-state index in [4.69, 9.17) is 9.47 Å². The van der Waals surface area contributed by atoms with Gasteiger partial charge in [0.25, 0.3) is 5.91 Å². The Hall–Kier alpha value is -1.51. The van der Waals surface area contributed by atoms with Gasteiger partial charge in [0.1, 0.15) is 5.69 Å². The van der Waals surface area contributed by atoms with Gasteiger partial charge in [0, 0.05) is 13.0 Å². The van der Waals surface area contributed by atoms with Crippen molar-refractivity contribution in [2.75, 3.05) is 26.8 Å². The van der Waals surface area contributed by atoms with E-state index in [2.05, 4.69) is 0 Å². The Bertz CT molecular complexity index is 583. The molecule has 22 heavy (non-hydrogen) atoms.